The van der Waals surface area contributed by atoms with Crippen molar-refractivity contribution in [2.75, 3.05) is 12.8 Å². The zero-order valence-electron chi connectivity index (χ0n) is 10.5. The summed E-state index contributed by atoms with van der Waals surface area (Å²) in [6.07, 6.45) is 3.19. The van der Waals surface area contributed by atoms with Crippen molar-refractivity contribution >= 4 is 21.6 Å². The predicted octanol–water partition coefficient (Wildman–Crippen LogP) is 2.71. The van der Waals surface area contributed by atoms with Gasteiger partial charge in [0.15, 0.2) is 0 Å². The van der Waals surface area contributed by atoms with Crippen molar-refractivity contribution in [1.82, 2.24) is 4.98 Å². The Morgan fingerprint density at radius 2 is 2.21 bits per heavy atom. The number of aliphatic hydroxyl groups excluding tert-OH is 1. The summed E-state index contributed by atoms with van der Waals surface area (Å²) in [6.45, 7) is 0. The van der Waals surface area contributed by atoms with Crippen LogP contribution in [0, 0.1) is 0 Å². The summed E-state index contributed by atoms with van der Waals surface area (Å²) in [4.78, 5) is 4.07. The van der Waals surface area contributed by atoms with E-state index in [0.717, 1.165) is 10.0 Å². The Balaban J connectivity index is 2.23. The van der Waals surface area contributed by atoms with Crippen LogP contribution in [0.4, 0.5) is 5.69 Å². The number of benzene rings is 1. The second kappa shape index (κ2) is 6.04. The number of hydrogen-bond donors (Lipinski definition) is 2. The molecule has 1 unspecified atom stereocenters. The van der Waals surface area contributed by atoms with Gasteiger partial charge < -0.3 is 15.6 Å². The summed E-state index contributed by atoms with van der Waals surface area (Å²) in [5.74, 6) is 0.573. The third-order valence-corrected chi connectivity index (χ3v) is 3.30. The molecule has 1 aromatic heterocycles. The first-order valence-corrected chi connectivity index (χ1v) is 6.61. The Morgan fingerprint density at radius 3 is 2.89 bits per heavy atom. The van der Waals surface area contributed by atoms with E-state index in [0.29, 0.717) is 23.4 Å². The second-order valence-electron chi connectivity index (χ2n) is 4.19. The van der Waals surface area contributed by atoms with E-state index in [4.69, 9.17) is 10.5 Å². The van der Waals surface area contributed by atoms with Gasteiger partial charge in [-0.3, -0.25) is 4.98 Å². The van der Waals surface area contributed by atoms with Crippen molar-refractivity contribution in [3.8, 4) is 5.75 Å². The zero-order valence-corrected chi connectivity index (χ0v) is 12.1. The van der Waals surface area contributed by atoms with Gasteiger partial charge in [-0.05, 0) is 33.6 Å². The molecule has 1 atom stereocenters. The highest BCUT2D eigenvalue weighted by atomic mass is 79.9. The topological polar surface area (TPSA) is 68.4 Å². The number of para-hydroxylation sites is 1. The van der Waals surface area contributed by atoms with Crippen molar-refractivity contribution in [3.05, 3.63) is 52.3 Å². The van der Waals surface area contributed by atoms with Gasteiger partial charge in [-0.15, -0.1) is 0 Å². The summed E-state index contributed by atoms with van der Waals surface area (Å²) in [7, 11) is 1.56. The van der Waals surface area contributed by atoms with Crippen LogP contribution in [-0.2, 0) is 6.42 Å². The first-order valence-electron chi connectivity index (χ1n) is 5.81. The quantitative estimate of drug-likeness (QED) is 0.849. The van der Waals surface area contributed by atoms with Crippen molar-refractivity contribution in [3.63, 3.8) is 0 Å². The summed E-state index contributed by atoms with van der Waals surface area (Å²) in [5.41, 5.74) is 8.04. The molecule has 5 heteroatoms. The standard InChI is InChI=1S/C14H15BrN2O2/c1-19-13-4-2-3-11(14(13)16)12(18)6-9-5-10(15)8-17-7-9/h2-5,7-8,12,18H,6,16H2,1H3. The Labute approximate surface area is 120 Å². The lowest BCUT2D eigenvalue weighted by Gasteiger charge is -2.15. The molecular formula is C14H15BrN2O2. The smallest absolute Gasteiger partial charge is 0.142 e. The van der Waals surface area contributed by atoms with E-state index < -0.39 is 6.10 Å². The number of aliphatic hydroxyl groups is 1. The normalized spacial score (nSPS) is 12.2. The molecule has 19 heavy (non-hydrogen) atoms. The van der Waals surface area contributed by atoms with Gasteiger partial charge in [0.2, 0.25) is 0 Å². The Hall–Kier alpha value is -1.59. The minimum absolute atomic E-state index is 0.448. The zero-order chi connectivity index (χ0) is 13.8. The largest absolute Gasteiger partial charge is 0.495 e. The van der Waals surface area contributed by atoms with Crippen molar-refractivity contribution in [2.45, 2.75) is 12.5 Å². The maximum Gasteiger partial charge on any atom is 0.142 e. The number of halogens is 1. The van der Waals surface area contributed by atoms with Crippen LogP contribution in [0.3, 0.4) is 0 Å². The van der Waals surface area contributed by atoms with Crippen LogP contribution < -0.4 is 10.5 Å². The van der Waals surface area contributed by atoms with Gasteiger partial charge in [0, 0.05) is 28.9 Å². The molecule has 0 saturated heterocycles. The molecule has 2 rings (SSSR count). The van der Waals surface area contributed by atoms with Gasteiger partial charge in [0.25, 0.3) is 0 Å². The number of nitrogens with zero attached hydrogens (tertiary/aromatic N) is 1. The highest BCUT2D eigenvalue weighted by Crippen LogP contribution is 2.31. The van der Waals surface area contributed by atoms with Gasteiger partial charge in [0.05, 0.1) is 18.9 Å². The molecule has 0 saturated carbocycles. The van der Waals surface area contributed by atoms with Crippen molar-refractivity contribution in [1.29, 1.82) is 0 Å². The Kier molecular flexibility index (Phi) is 4.39. The summed E-state index contributed by atoms with van der Waals surface area (Å²) in [6, 6.07) is 7.31. The van der Waals surface area contributed by atoms with Crippen molar-refractivity contribution in [2.24, 2.45) is 0 Å². The molecule has 100 valence electrons. The lowest BCUT2D eigenvalue weighted by atomic mass is 10.0. The molecule has 0 aliphatic rings. The lowest BCUT2D eigenvalue weighted by molar-refractivity contribution is 0.179. The number of methoxy groups -OCH3 is 1. The van der Waals surface area contributed by atoms with E-state index in [1.165, 1.54) is 0 Å². The van der Waals surface area contributed by atoms with Crippen LogP contribution in [-0.4, -0.2) is 17.2 Å². The molecule has 4 nitrogen and oxygen atoms in total. The minimum Gasteiger partial charge on any atom is -0.495 e. The van der Waals surface area contributed by atoms with E-state index in [9.17, 15) is 5.11 Å². The second-order valence-corrected chi connectivity index (χ2v) is 5.11. The first-order chi connectivity index (χ1) is 9.11. The van der Waals surface area contributed by atoms with Crippen LogP contribution in [0.1, 0.15) is 17.2 Å². The predicted molar refractivity (Wildman–Crippen MR) is 78.0 cm³/mol. The monoisotopic (exact) mass is 322 g/mol. The molecule has 0 aliphatic heterocycles. The third kappa shape index (κ3) is 3.24. The fourth-order valence-corrected chi connectivity index (χ4v) is 2.34. The van der Waals surface area contributed by atoms with Crippen LogP contribution in [0.15, 0.2) is 41.1 Å². The maximum absolute atomic E-state index is 10.3. The number of hydrogen-bond acceptors (Lipinski definition) is 4. The average Bonchev–Trinajstić information content (AvgIpc) is 2.39. The van der Waals surface area contributed by atoms with E-state index in [1.54, 1.807) is 31.6 Å². The van der Waals surface area contributed by atoms with Crippen LogP contribution in [0.2, 0.25) is 0 Å². The van der Waals surface area contributed by atoms with Gasteiger partial charge >= 0.3 is 0 Å². The third-order valence-electron chi connectivity index (χ3n) is 2.87. The molecule has 0 aliphatic carbocycles. The molecule has 2 aromatic rings. The molecule has 0 spiro atoms. The fourth-order valence-electron chi connectivity index (χ4n) is 1.93. The summed E-state index contributed by atoms with van der Waals surface area (Å²) in [5, 5.41) is 10.3. The summed E-state index contributed by atoms with van der Waals surface area (Å²) >= 11 is 3.36. The maximum atomic E-state index is 10.3. The Morgan fingerprint density at radius 1 is 1.42 bits per heavy atom. The molecule has 0 amide bonds. The highest BCUT2D eigenvalue weighted by molar-refractivity contribution is 9.10. The number of nitrogen functional groups attached to an aromatic ring is 1. The molecular weight excluding hydrogens is 308 g/mol. The Bertz CT molecular complexity index is 575. The van der Waals surface area contributed by atoms with E-state index in [2.05, 4.69) is 20.9 Å². The minimum atomic E-state index is -0.689. The molecule has 0 bridgehead atoms. The van der Waals surface area contributed by atoms with E-state index in [-0.39, 0.29) is 0 Å². The number of aromatic nitrogens is 1. The molecule has 0 fully saturated rings. The summed E-state index contributed by atoms with van der Waals surface area (Å²) < 4.78 is 6.03. The van der Waals surface area contributed by atoms with Gasteiger partial charge in [-0.1, -0.05) is 12.1 Å². The SMILES string of the molecule is COc1cccc(C(O)Cc2cncc(Br)c2)c1N. The number of ether oxygens (including phenoxy) is 1. The van der Waals surface area contributed by atoms with Crippen LogP contribution in [0.25, 0.3) is 0 Å². The molecule has 3 N–H and O–H groups in total. The first kappa shape index (κ1) is 13.8. The van der Waals surface area contributed by atoms with Crippen LogP contribution >= 0.6 is 15.9 Å². The average molecular weight is 323 g/mol. The number of anilines is 1. The number of nitrogens with two attached hydrogens (primary N) is 1. The highest BCUT2D eigenvalue weighted by Gasteiger charge is 2.14. The van der Waals surface area contributed by atoms with Crippen LogP contribution in [0.5, 0.6) is 5.75 Å². The van der Waals surface area contributed by atoms with E-state index >= 15 is 0 Å². The molecule has 1 heterocycles. The van der Waals surface area contributed by atoms with Gasteiger partial charge in [0.1, 0.15) is 5.75 Å². The van der Waals surface area contributed by atoms with Gasteiger partial charge in [-0.25, -0.2) is 0 Å². The number of rotatable bonds is 4. The van der Waals surface area contributed by atoms with Crippen molar-refractivity contribution < 1.29 is 9.84 Å². The van der Waals surface area contributed by atoms with Gasteiger partial charge in [-0.2, -0.15) is 0 Å². The number of pyridine rings is 1. The molecule has 0 radical (unpaired) electrons. The lowest BCUT2D eigenvalue weighted by Crippen LogP contribution is -2.06. The fraction of sp³-hybridized carbons (Fsp3) is 0.214. The molecule has 1 aromatic carbocycles. The van der Waals surface area contributed by atoms with E-state index in [1.807, 2.05) is 12.1 Å².